The molecule has 1 aliphatic carbocycles. The number of Topliss-reactive ketones (excluding diaryl/α,β-unsaturated/α-hetero) is 1. The molecule has 1 unspecified atom stereocenters. The summed E-state index contributed by atoms with van der Waals surface area (Å²) in [6.45, 7) is 6.42. The second-order valence-corrected chi connectivity index (χ2v) is 8.49. The van der Waals surface area contributed by atoms with E-state index < -0.39 is 5.54 Å². The molecule has 30 heavy (non-hydrogen) atoms. The van der Waals surface area contributed by atoms with Gasteiger partial charge >= 0.3 is 0 Å². The molecule has 0 bridgehead atoms. The lowest BCUT2D eigenvalue weighted by atomic mass is 9.74. The molecular formula is C25H30N2O3. The predicted octanol–water partition coefficient (Wildman–Crippen LogP) is 3.28. The third-order valence-corrected chi connectivity index (χ3v) is 6.84. The number of rotatable bonds is 4. The maximum absolute atomic E-state index is 13.8. The van der Waals surface area contributed by atoms with Crippen LogP contribution in [0.5, 0.6) is 5.75 Å². The molecule has 1 aliphatic heterocycles. The number of benzene rings is 2. The monoisotopic (exact) mass is 406 g/mol. The van der Waals surface area contributed by atoms with Gasteiger partial charge in [0, 0.05) is 38.7 Å². The molecule has 1 amide bonds. The van der Waals surface area contributed by atoms with Crippen LogP contribution in [0.4, 0.5) is 0 Å². The zero-order chi connectivity index (χ0) is 21.3. The standard InChI is InChI=1S/C25H30N2O3/c1-18-6-4-5-7-20(18)11-13-27-15-14-26(19(2)28)17-25(27)12-10-21-16-22(30-3)8-9-23(21)24(25)29/h4-9,16H,10-15,17H2,1-3H3. The Hall–Kier alpha value is -2.66. The van der Waals surface area contributed by atoms with Crippen LogP contribution in [0.15, 0.2) is 42.5 Å². The first-order valence-corrected chi connectivity index (χ1v) is 10.7. The second kappa shape index (κ2) is 8.23. The van der Waals surface area contributed by atoms with Crippen molar-refractivity contribution in [2.75, 3.05) is 33.3 Å². The van der Waals surface area contributed by atoms with E-state index in [0.29, 0.717) is 13.1 Å². The average Bonchev–Trinajstić information content (AvgIpc) is 2.76. The van der Waals surface area contributed by atoms with Crippen LogP contribution in [0, 0.1) is 6.92 Å². The van der Waals surface area contributed by atoms with Crippen molar-refractivity contribution in [2.24, 2.45) is 0 Å². The molecule has 158 valence electrons. The first-order valence-electron chi connectivity index (χ1n) is 10.7. The van der Waals surface area contributed by atoms with Crippen molar-refractivity contribution in [3.05, 3.63) is 64.7 Å². The minimum absolute atomic E-state index is 0.0428. The summed E-state index contributed by atoms with van der Waals surface area (Å²) in [6, 6.07) is 14.2. The highest BCUT2D eigenvalue weighted by atomic mass is 16.5. The van der Waals surface area contributed by atoms with E-state index in [-0.39, 0.29) is 11.7 Å². The van der Waals surface area contributed by atoms with E-state index in [1.54, 1.807) is 14.0 Å². The third kappa shape index (κ3) is 3.63. The van der Waals surface area contributed by atoms with Gasteiger partial charge in [0.05, 0.1) is 7.11 Å². The van der Waals surface area contributed by atoms with Gasteiger partial charge in [-0.25, -0.2) is 0 Å². The lowest BCUT2D eigenvalue weighted by Gasteiger charge is -2.51. The minimum Gasteiger partial charge on any atom is -0.497 e. The zero-order valence-electron chi connectivity index (χ0n) is 18.1. The molecule has 1 heterocycles. The highest BCUT2D eigenvalue weighted by Gasteiger charge is 2.50. The molecule has 2 aromatic carbocycles. The molecule has 1 spiro atoms. The van der Waals surface area contributed by atoms with Crippen molar-refractivity contribution >= 4 is 11.7 Å². The summed E-state index contributed by atoms with van der Waals surface area (Å²) < 4.78 is 5.35. The summed E-state index contributed by atoms with van der Waals surface area (Å²) >= 11 is 0. The number of carbonyl (C=O) groups is 2. The molecule has 0 aromatic heterocycles. The minimum atomic E-state index is -0.645. The number of methoxy groups -OCH3 is 1. The third-order valence-electron chi connectivity index (χ3n) is 6.84. The summed E-state index contributed by atoms with van der Waals surface area (Å²) in [5.74, 6) is 0.964. The Morgan fingerprint density at radius 1 is 1.17 bits per heavy atom. The highest BCUT2D eigenvalue weighted by Crippen LogP contribution is 2.37. The lowest BCUT2D eigenvalue weighted by molar-refractivity contribution is -0.133. The maximum Gasteiger partial charge on any atom is 0.219 e. The number of carbonyl (C=O) groups excluding carboxylic acids is 2. The van der Waals surface area contributed by atoms with Crippen LogP contribution in [-0.4, -0.2) is 60.3 Å². The van der Waals surface area contributed by atoms with E-state index >= 15 is 0 Å². The fraction of sp³-hybridized carbons (Fsp3) is 0.440. The molecule has 4 rings (SSSR count). The molecule has 2 aromatic rings. The molecule has 1 saturated heterocycles. The molecule has 0 radical (unpaired) electrons. The van der Waals surface area contributed by atoms with Crippen LogP contribution in [0.1, 0.15) is 40.4 Å². The largest absolute Gasteiger partial charge is 0.497 e. The molecular weight excluding hydrogens is 376 g/mol. The normalized spacial score (nSPS) is 21.6. The number of amides is 1. The fourth-order valence-corrected chi connectivity index (χ4v) is 4.97. The van der Waals surface area contributed by atoms with Crippen LogP contribution in [0.25, 0.3) is 0 Å². The number of aryl methyl sites for hydroxylation is 2. The van der Waals surface area contributed by atoms with E-state index in [1.165, 1.54) is 11.1 Å². The topological polar surface area (TPSA) is 49.9 Å². The Balaban J connectivity index is 1.65. The summed E-state index contributed by atoms with van der Waals surface area (Å²) in [4.78, 5) is 30.2. The van der Waals surface area contributed by atoms with Crippen molar-refractivity contribution in [2.45, 2.75) is 38.6 Å². The van der Waals surface area contributed by atoms with Gasteiger partial charge < -0.3 is 9.64 Å². The van der Waals surface area contributed by atoms with E-state index in [2.05, 4.69) is 36.1 Å². The van der Waals surface area contributed by atoms with E-state index in [1.807, 2.05) is 23.1 Å². The molecule has 0 N–H and O–H groups in total. The van der Waals surface area contributed by atoms with Crippen LogP contribution in [0.3, 0.4) is 0 Å². The molecule has 1 atom stereocenters. The Bertz CT molecular complexity index is 971. The number of ketones is 1. The summed E-state index contributed by atoms with van der Waals surface area (Å²) in [5, 5.41) is 0. The average molecular weight is 407 g/mol. The number of nitrogens with zero attached hydrogens (tertiary/aromatic N) is 2. The first-order chi connectivity index (χ1) is 14.4. The van der Waals surface area contributed by atoms with Crippen molar-refractivity contribution in [3.63, 3.8) is 0 Å². The molecule has 1 fully saturated rings. The number of ether oxygens (including phenoxy) is 1. The number of hydrogen-bond donors (Lipinski definition) is 0. The van der Waals surface area contributed by atoms with Crippen molar-refractivity contribution in [3.8, 4) is 5.75 Å². The Morgan fingerprint density at radius 2 is 1.97 bits per heavy atom. The van der Waals surface area contributed by atoms with Gasteiger partial charge in [0.2, 0.25) is 5.91 Å². The van der Waals surface area contributed by atoms with Crippen LogP contribution in [0.2, 0.25) is 0 Å². The summed E-state index contributed by atoms with van der Waals surface area (Å²) in [5.41, 5.74) is 3.77. The zero-order valence-corrected chi connectivity index (χ0v) is 18.1. The van der Waals surface area contributed by atoms with Gasteiger partial charge in [0.15, 0.2) is 5.78 Å². The highest BCUT2D eigenvalue weighted by molar-refractivity contribution is 6.06. The lowest BCUT2D eigenvalue weighted by Crippen LogP contribution is -2.68. The van der Waals surface area contributed by atoms with Crippen molar-refractivity contribution in [1.29, 1.82) is 0 Å². The maximum atomic E-state index is 13.8. The van der Waals surface area contributed by atoms with Gasteiger partial charge in [0.1, 0.15) is 11.3 Å². The molecule has 0 saturated carbocycles. The van der Waals surface area contributed by atoms with Gasteiger partial charge in [-0.05, 0) is 61.1 Å². The second-order valence-electron chi connectivity index (χ2n) is 8.49. The van der Waals surface area contributed by atoms with Crippen molar-refractivity contribution < 1.29 is 14.3 Å². The summed E-state index contributed by atoms with van der Waals surface area (Å²) in [6.07, 6.45) is 2.44. The van der Waals surface area contributed by atoms with E-state index in [9.17, 15) is 9.59 Å². The number of piperazine rings is 1. The molecule has 5 heteroatoms. The Morgan fingerprint density at radius 3 is 2.70 bits per heavy atom. The Labute approximate surface area is 178 Å². The smallest absolute Gasteiger partial charge is 0.219 e. The molecule has 5 nitrogen and oxygen atoms in total. The van der Waals surface area contributed by atoms with Crippen LogP contribution in [-0.2, 0) is 17.6 Å². The fourth-order valence-electron chi connectivity index (χ4n) is 4.97. The van der Waals surface area contributed by atoms with Gasteiger partial charge in [-0.2, -0.15) is 0 Å². The van der Waals surface area contributed by atoms with Crippen LogP contribution >= 0.6 is 0 Å². The van der Waals surface area contributed by atoms with Gasteiger partial charge in [-0.1, -0.05) is 24.3 Å². The Kier molecular flexibility index (Phi) is 5.65. The van der Waals surface area contributed by atoms with Gasteiger partial charge in [-0.15, -0.1) is 0 Å². The van der Waals surface area contributed by atoms with E-state index in [4.69, 9.17) is 4.74 Å². The quantitative estimate of drug-likeness (QED) is 0.782. The molecule has 2 aliphatic rings. The van der Waals surface area contributed by atoms with E-state index in [0.717, 1.165) is 49.2 Å². The number of hydrogen-bond acceptors (Lipinski definition) is 4. The van der Waals surface area contributed by atoms with Crippen LogP contribution < -0.4 is 4.74 Å². The van der Waals surface area contributed by atoms with Crippen molar-refractivity contribution in [1.82, 2.24) is 9.80 Å². The summed E-state index contributed by atoms with van der Waals surface area (Å²) in [7, 11) is 1.65. The van der Waals surface area contributed by atoms with Gasteiger partial charge in [-0.3, -0.25) is 14.5 Å². The SMILES string of the molecule is COc1ccc2c(c1)CCC1(CN(C(C)=O)CCN1CCc1ccccc1C)C2=O. The predicted molar refractivity (Wildman–Crippen MR) is 117 cm³/mol. The number of fused-ring (bicyclic) bond motifs is 1. The first kappa shape index (κ1) is 20.6. The van der Waals surface area contributed by atoms with Gasteiger partial charge in [0.25, 0.3) is 0 Å².